The van der Waals surface area contributed by atoms with Gasteiger partial charge in [0.25, 0.3) is 0 Å². The van der Waals surface area contributed by atoms with Gasteiger partial charge in [-0.25, -0.2) is 9.97 Å². The smallest absolute Gasteiger partial charge is 0.136 e. The van der Waals surface area contributed by atoms with Gasteiger partial charge in [0.1, 0.15) is 17.5 Å². The van der Waals surface area contributed by atoms with Crippen LogP contribution in [0.3, 0.4) is 0 Å². The van der Waals surface area contributed by atoms with E-state index >= 15 is 0 Å². The van der Waals surface area contributed by atoms with Gasteiger partial charge in [0.05, 0.1) is 0 Å². The van der Waals surface area contributed by atoms with Crippen molar-refractivity contribution >= 4 is 28.9 Å². The molecule has 142 valence electrons. The van der Waals surface area contributed by atoms with Crippen molar-refractivity contribution in [3.05, 3.63) is 76.6 Å². The summed E-state index contributed by atoms with van der Waals surface area (Å²) in [5.74, 6) is 3.28. The third-order valence-electron chi connectivity index (χ3n) is 5.57. The van der Waals surface area contributed by atoms with Crippen LogP contribution in [0.4, 0.5) is 17.3 Å². The van der Waals surface area contributed by atoms with E-state index in [9.17, 15) is 0 Å². The molecular formula is C23H23ClN4. The Balaban J connectivity index is 1.49. The molecule has 0 spiro atoms. The van der Waals surface area contributed by atoms with Gasteiger partial charge in [-0.05, 0) is 55.5 Å². The highest BCUT2D eigenvalue weighted by molar-refractivity contribution is 6.30. The molecule has 0 amide bonds. The molecule has 2 heterocycles. The highest BCUT2D eigenvalue weighted by Gasteiger charge is 2.30. The topological polar surface area (TPSA) is 41.0 Å². The van der Waals surface area contributed by atoms with Gasteiger partial charge in [-0.2, -0.15) is 0 Å². The Morgan fingerprint density at radius 1 is 1.00 bits per heavy atom. The zero-order chi connectivity index (χ0) is 19.1. The number of rotatable bonds is 4. The summed E-state index contributed by atoms with van der Waals surface area (Å²) in [6.45, 7) is 3.16. The number of aromatic nitrogens is 2. The molecule has 2 aliphatic rings. The average molecular weight is 391 g/mol. The normalized spacial score (nSPS) is 18.6. The fourth-order valence-electron chi connectivity index (χ4n) is 3.89. The van der Waals surface area contributed by atoms with Crippen molar-refractivity contribution in [2.45, 2.75) is 44.7 Å². The van der Waals surface area contributed by atoms with Crippen LogP contribution in [0, 0.1) is 0 Å². The standard InChI is InChI=1S/C23H23ClN4/c1-15-11-17-5-2-3-6-18(17)14-28(15)22-13-21(26-23(27-22)16-9-10-16)25-20-8-4-7-19(24)12-20/h2-8,12-13,15-16H,9-11,14H2,1H3,(H,25,26,27)/t15-/m0/s1. The van der Waals surface area contributed by atoms with E-state index in [1.54, 1.807) is 0 Å². The zero-order valence-corrected chi connectivity index (χ0v) is 16.7. The van der Waals surface area contributed by atoms with Crippen LogP contribution in [0.1, 0.15) is 42.6 Å². The maximum atomic E-state index is 6.14. The third kappa shape index (κ3) is 3.57. The molecule has 0 saturated heterocycles. The predicted molar refractivity (Wildman–Crippen MR) is 115 cm³/mol. The first-order valence-corrected chi connectivity index (χ1v) is 10.3. The summed E-state index contributed by atoms with van der Waals surface area (Å²) >= 11 is 6.14. The van der Waals surface area contributed by atoms with Gasteiger partial charge in [-0.1, -0.05) is 41.9 Å². The maximum Gasteiger partial charge on any atom is 0.136 e. The summed E-state index contributed by atoms with van der Waals surface area (Å²) in [6.07, 6.45) is 3.40. The lowest BCUT2D eigenvalue weighted by atomic mass is 9.95. The minimum atomic E-state index is 0.399. The second-order valence-electron chi connectivity index (χ2n) is 7.83. The van der Waals surface area contributed by atoms with E-state index in [-0.39, 0.29) is 0 Å². The highest BCUT2D eigenvalue weighted by atomic mass is 35.5. The van der Waals surface area contributed by atoms with Crippen LogP contribution < -0.4 is 10.2 Å². The van der Waals surface area contributed by atoms with Crippen molar-refractivity contribution < 1.29 is 0 Å². The second kappa shape index (κ2) is 7.10. The number of benzene rings is 2. The van der Waals surface area contributed by atoms with Crippen molar-refractivity contribution in [1.82, 2.24) is 9.97 Å². The van der Waals surface area contributed by atoms with Gasteiger partial charge in [-0.15, -0.1) is 0 Å². The van der Waals surface area contributed by atoms with Crippen molar-refractivity contribution in [2.75, 3.05) is 10.2 Å². The SMILES string of the molecule is C[C@H]1Cc2ccccc2CN1c1cc(Nc2cccc(Cl)c2)nc(C2CC2)n1. The average Bonchev–Trinajstić information content (AvgIpc) is 3.52. The lowest BCUT2D eigenvalue weighted by molar-refractivity contribution is 0.585. The van der Waals surface area contributed by atoms with E-state index in [2.05, 4.69) is 47.5 Å². The highest BCUT2D eigenvalue weighted by Crippen LogP contribution is 2.40. The van der Waals surface area contributed by atoms with E-state index in [0.717, 1.165) is 36.1 Å². The van der Waals surface area contributed by atoms with Crippen molar-refractivity contribution in [1.29, 1.82) is 0 Å². The fraction of sp³-hybridized carbons (Fsp3) is 0.304. The van der Waals surface area contributed by atoms with Crippen LogP contribution in [-0.2, 0) is 13.0 Å². The van der Waals surface area contributed by atoms with Crippen molar-refractivity contribution in [3.63, 3.8) is 0 Å². The molecule has 1 aliphatic heterocycles. The minimum absolute atomic E-state index is 0.399. The first-order chi connectivity index (χ1) is 13.7. The van der Waals surface area contributed by atoms with Gasteiger partial charge in [0.2, 0.25) is 0 Å². The molecule has 28 heavy (non-hydrogen) atoms. The molecule has 0 bridgehead atoms. The molecule has 1 aliphatic carbocycles. The van der Waals surface area contributed by atoms with E-state index in [1.807, 2.05) is 24.3 Å². The van der Waals surface area contributed by atoms with Gasteiger partial charge >= 0.3 is 0 Å². The van der Waals surface area contributed by atoms with Crippen LogP contribution in [0.2, 0.25) is 5.02 Å². The van der Waals surface area contributed by atoms with Crippen LogP contribution in [0.25, 0.3) is 0 Å². The summed E-state index contributed by atoms with van der Waals surface area (Å²) in [5, 5.41) is 4.13. The Morgan fingerprint density at radius 2 is 1.82 bits per heavy atom. The molecule has 1 atom stereocenters. The molecule has 5 rings (SSSR count). The minimum Gasteiger partial charge on any atom is -0.349 e. The third-order valence-corrected chi connectivity index (χ3v) is 5.81. The summed E-state index contributed by atoms with van der Waals surface area (Å²) in [5.41, 5.74) is 3.77. The Kier molecular flexibility index (Phi) is 4.44. The Morgan fingerprint density at radius 3 is 2.61 bits per heavy atom. The van der Waals surface area contributed by atoms with Crippen molar-refractivity contribution in [3.8, 4) is 0 Å². The lowest BCUT2D eigenvalue weighted by Crippen LogP contribution is -2.39. The molecule has 1 saturated carbocycles. The Bertz CT molecular complexity index is 1010. The molecule has 1 fully saturated rings. The van der Waals surface area contributed by atoms with Gasteiger partial charge in [0, 0.05) is 35.3 Å². The number of nitrogens with one attached hydrogen (secondary N) is 1. The monoisotopic (exact) mass is 390 g/mol. The molecule has 4 nitrogen and oxygen atoms in total. The molecule has 1 N–H and O–H groups in total. The molecule has 0 unspecified atom stereocenters. The van der Waals surface area contributed by atoms with E-state index in [1.165, 1.54) is 24.0 Å². The van der Waals surface area contributed by atoms with Gasteiger partial charge < -0.3 is 10.2 Å². The van der Waals surface area contributed by atoms with Crippen LogP contribution in [-0.4, -0.2) is 16.0 Å². The lowest BCUT2D eigenvalue weighted by Gasteiger charge is -2.36. The number of fused-ring (bicyclic) bond motifs is 1. The molecule has 0 radical (unpaired) electrons. The summed E-state index contributed by atoms with van der Waals surface area (Å²) in [6, 6.07) is 18.9. The zero-order valence-electron chi connectivity index (χ0n) is 15.9. The summed E-state index contributed by atoms with van der Waals surface area (Å²) < 4.78 is 0. The summed E-state index contributed by atoms with van der Waals surface area (Å²) in [7, 11) is 0. The molecule has 1 aromatic heterocycles. The molecule has 2 aromatic carbocycles. The van der Waals surface area contributed by atoms with Crippen LogP contribution >= 0.6 is 11.6 Å². The molecular weight excluding hydrogens is 368 g/mol. The van der Waals surface area contributed by atoms with E-state index in [0.29, 0.717) is 17.0 Å². The van der Waals surface area contributed by atoms with E-state index in [4.69, 9.17) is 21.6 Å². The number of hydrogen-bond acceptors (Lipinski definition) is 4. The first kappa shape index (κ1) is 17.5. The van der Waals surface area contributed by atoms with Crippen LogP contribution in [0.5, 0.6) is 0 Å². The van der Waals surface area contributed by atoms with Crippen molar-refractivity contribution in [2.24, 2.45) is 0 Å². The number of nitrogens with zero attached hydrogens (tertiary/aromatic N) is 3. The van der Waals surface area contributed by atoms with E-state index < -0.39 is 0 Å². The van der Waals surface area contributed by atoms with Gasteiger partial charge in [-0.3, -0.25) is 0 Å². The fourth-order valence-corrected chi connectivity index (χ4v) is 4.08. The largest absolute Gasteiger partial charge is 0.349 e. The number of anilines is 3. The maximum absolute atomic E-state index is 6.14. The van der Waals surface area contributed by atoms with Gasteiger partial charge in [0.15, 0.2) is 0 Å². The Hall–Kier alpha value is -2.59. The van der Waals surface area contributed by atoms with Crippen LogP contribution in [0.15, 0.2) is 54.6 Å². The molecule has 3 aromatic rings. The number of hydrogen-bond donors (Lipinski definition) is 1. The predicted octanol–water partition coefficient (Wildman–Crippen LogP) is 5.70. The first-order valence-electron chi connectivity index (χ1n) is 9.91. The number of halogens is 1. The molecule has 5 heteroatoms. The quantitative estimate of drug-likeness (QED) is 0.620. The summed E-state index contributed by atoms with van der Waals surface area (Å²) in [4.78, 5) is 12.1. The second-order valence-corrected chi connectivity index (χ2v) is 8.27. The Labute approximate surface area is 170 Å².